The lowest BCUT2D eigenvalue weighted by atomic mass is 9.50. The van der Waals surface area contributed by atoms with Gasteiger partial charge in [0, 0.05) is 23.9 Å². The predicted octanol–water partition coefficient (Wildman–Crippen LogP) is 12.4. The monoisotopic (exact) mass is 1080 g/mol. The molecule has 0 spiro atoms. The first-order chi connectivity index (χ1) is 36.6. The average Bonchev–Trinajstić information content (AvgIpc) is 3.44. The van der Waals surface area contributed by atoms with E-state index in [4.69, 9.17) is 37.9 Å². The van der Waals surface area contributed by atoms with Crippen LogP contribution in [0.2, 0.25) is 0 Å². The highest BCUT2D eigenvalue weighted by molar-refractivity contribution is 5.84. The molecule has 12 aliphatic carbocycles. The molecule has 0 aromatic heterocycles. The average molecular weight is 1080 g/mol. The molecule has 1 aliphatic heterocycles. The summed E-state index contributed by atoms with van der Waals surface area (Å²) in [6.45, 7) is 16.9. The molecule has 1 saturated heterocycles. The first-order valence-electron chi connectivity index (χ1n) is 30.9. The lowest BCUT2D eigenvalue weighted by molar-refractivity contribution is -0.200. The normalized spacial score (nSPS) is 37.2. The van der Waals surface area contributed by atoms with Crippen LogP contribution in [0.3, 0.4) is 0 Å². The van der Waals surface area contributed by atoms with Gasteiger partial charge in [-0.1, -0.05) is 20.8 Å². The van der Waals surface area contributed by atoms with Crippen LogP contribution in [0.15, 0.2) is 0 Å². The van der Waals surface area contributed by atoms with Crippen molar-refractivity contribution in [1.29, 1.82) is 0 Å². The molecule has 14 nitrogen and oxygen atoms in total. The fraction of sp³-hybridized carbons (Fsp3) is 0.905. The van der Waals surface area contributed by atoms with Gasteiger partial charge in [0.25, 0.3) is 0 Å². The molecule has 13 aliphatic rings. The Morgan fingerprint density at radius 3 is 1.31 bits per heavy atom. The van der Waals surface area contributed by atoms with E-state index in [0.717, 1.165) is 66.6 Å². The van der Waals surface area contributed by atoms with Crippen LogP contribution in [0.1, 0.15) is 222 Å². The molecular weight excluding hydrogens is 981 g/mol. The van der Waals surface area contributed by atoms with Crippen molar-refractivity contribution in [2.45, 2.75) is 241 Å². The smallest absolute Gasteiger partial charge is 0.314 e. The second kappa shape index (κ2) is 25.3. The molecule has 1 heterocycles. The molecule has 13 rings (SSSR count). The van der Waals surface area contributed by atoms with Crippen LogP contribution in [0.25, 0.3) is 0 Å². The third kappa shape index (κ3) is 14.6. The minimum absolute atomic E-state index is 0.0630. The number of hydrogen-bond acceptors (Lipinski definition) is 14. The van der Waals surface area contributed by atoms with Crippen LogP contribution in [-0.4, -0.2) is 88.0 Å². The maximum Gasteiger partial charge on any atom is 0.314 e. The third-order valence-electron chi connectivity index (χ3n) is 21.5. The largest absolute Gasteiger partial charge is 0.469 e. The summed E-state index contributed by atoms with van der Waals surface area (Å²) in [5.41, 5.74) is -2.05. The molecule has 77 heavy (non-hydrogen) atoms. The number of esters is 6. The molecule has 14 heteroatoms. The summed E-state index contributed by atoms with van der Waals surface area (Å²) in [5.74, 6) is 6.06. The number of carbonyl (C=O) groups excluding carboxylic acids is 6. The van der Waals surface area contributed by atoms with E-state index in [9.17, 15) is 28.8 Å². The summed E-state index contributed by atoms with van der Waals surface area (Å²) in [7, 11) is 1.37. The number of rotatable bonds is 21. The first kappa shape index (κ1) is 59.9. The summed E-state index contributed by atoms with van der Waals surface area (Å²) in [6.07, 6.45) is 25.6. The number of methoxy groups -OCH3 is 1. The molecule has 0 N–H and O–H groups in total. The van der Waals surface area contributed by atoms with Gasteiger partial charge in [-0.3, -0.25) is 28.8 Å². The maximum atomic E-state index is 12.7. The van der Waals surface area contributed by atoms with Crippen LogP contribution in [0.4, 0.5) is 0 Å². The van der Waals surface area contributed by atoms with Crippen molar-refractivity contribution in [3.8, 4) is 0 Å². The molecule has 436 valence electrons. The van der Waals surface area contributed by atoms with Gasteiger partial charge in [0.05, 0.1) is 62.4 Å². The van der Waals surface area contributed by atoms with E-state index in [2.05, 4.69) is 0 Å². The van der Waals surface area contributed by atoms with Crippen molar-refractivity contribution in [2.75, 3.05) is 33.5 Å². The van der Waals surface area contributed by atoms with Gasteiger partial charge in [0.2, 0.25) is 6.29 Å². The standard InChI is InChI=1S/C22H34O5.C22H36O5.C19H30O4/c1-3-22(2,21(24)27-19-6-4-5-7-25-19)13-18(23)26-20-16-9-14-8-15(11-16)12-17(20)10-14;1-5-21(4,20(24)27-15(3)25-6-2)13-19(23)26-14-22-10-16-7-17(11-22)9-18(8-16)12-22;1-4-18(2,17(21)22-3)11-16(20)23-12-19-8-13-5-14(9-19)7-15(6-13)10-19/h14-17,19-20H,3-13H2,1-2H3;15-18H,5-14H2,1-4H3;13-15H,4-12H2,1-3H3. The Bertz CT molecular complexity index is 1960. The number of carbonyl (C=O) groups is 6. The Morgan fingerprint density at radius 2 is 0.922 bits per heavy atom. The van der Waals surface area contributed by atoms with E-state index in [1.165, 1.54) is 116 Å². The van der Waals surface area contributed by atoms with Crippen LogP contribution in [0, 0.1) is 86.3 Å². The van der Waals surface area contributed by atoms with Crippen molar-refractivity contribution in [2.24, 2.45) is 86.3 Å². The highest BCUT2D eigenvalue weighted by Crippen LogP contribution is 2.61. The van der Waals surface area contributed by atoms with E-state index in [1.807, 2.05) is 34.6 Å². The van der Waals surface area contributed by atoms with Gasteiger partial charge in [-0.05, 0) is 235 Å². The summed E-state index contributed by atoms with van der Waals surface area (Å²) < 4.78 is 44.0. The predicted molar refractivity (Wildman–Crippen MR) is 288 cm³/mol. The molecule has 0 amide bonds. The van der Waals surface area contributed by atoms with Crippen molar-refractivity contribution in [1.82, 2.24) is 0 Å². The van der Waals surface area contributed by atoms with Crippen molar-refractivity contribution < 1.29 is 66.7 Å². The van der Waals surface area contributed by atoms with E-state index in [1.54, 1.807) is 20.8 Å². The van der Waals surface area contributed by atoms with Crippen LogP contribution >= 0.6 is 0 Å². The van der Waals surface area contributed by atoms with Crippen LogP contribution < -0.4 is 0 Å². The molecule has 5 atom stereocenters. The number of ether oxygens (including phenoxy) is 8. The highest BCUT2D eigenvalue weighted by atomic mass is 16.7. The Hall–Kier alpha value is -3.26. The third-order valence-corrected chi connectivity index (χ3v) is 21.5. The minimum atomic E-state index is -0.871. The molecule has 0 aromatic rings. The SMILES string of the molecule is CCC(C)(CC(=O)OC1C2CC3CC(C2)CC1C3)C(=O)OC1CCCCO1.CCC(C)(CC(=O)OCC12CC3CC(CC(C3)C1)C2)C(=O)OC.CCOC(C)OC(=O)C(C)(CC)CC(=O)OCC12CC3CC(CC(C3)C1)C2. The van der Waals surface area contributed by atoms with Crippen molar-refractivity contribution >= 4 is 35.8 Å². The van der Waals surface area contributed by atoms with Gasteiger partial charge in [0.1, 0.15) is 6.10 Å². The molecule has 0 aromatic carbocycles. The van der Waals surface area contributed by atoms with E-state index in [-0.39, 0.29) is 66.0 Å². The minimum Gasteiger partial charge on any atom is -0.469 e. The van der Waals surface area contributed by atoms with Gasteiger partial charge in [-0.2, -0.15) is 0 Å². The topological polar surface area (TPSA) is 176 Å². The first-order valence-corrected chi connectivity index (χ1v) is 30.9. The van der Waals surface area contributed by atoms with Crippen molar-refractivity contribution in [3.63, 3.8) is 0 Å². The molecular formula is C63H100O14. The van der Waals surface area contributed by atoms with Gasteiger partial charge in [0.15, 0.2) is 6.29 Å². The summed E-state index contributed by atoms with van der Waals surface area (Å²) in [6, 6.07) is 0. The quantitative estimate of drug-likeness (QED) is 0.0602. The van der Waals surface area contributed by atoms with Gasteiger partial charge < -0.3 is 37.9 Å². The zero-order valence-electron chi connectivity index (χ0n) is 48.9. The van der Waals surface area contributed by atoms with Gasteiger partial charge in [-0.15, -0.1) is 0 Å². The Labute approximate surface area is 461 Å². The van der Waals surface area contributed by atoms with Gasteiger partial charge >= 0.3 is 35.8 Å². The van der Waals surface area contributed by atoms with E-state index >= 15 is 0 Å². The molecule has 12 saturated carbocycles. The maximum absolute atomic E-state index is 12.7. The van der Waals surface area contributed by atoms with Crippen LogP contribution in [0.5, 0.6) is 0 Å². The summed E-state index contributed by atoms with van der Waals surface area (Å²) in [4.78, 5) is 74.8. The second-order valence-corrected chi connectivity index (χ2v) is 27.9. The zero-order chi connectivity index (χ0) is 55.3. The van der Waals surface area contributed by atoms with Crippen molar-refractivity contribution in [3.05, 3.63) is 0 Å². The molecule has 5 unspecified atom stereocenters. The van der Waals surface area contributed by atoms with E-state index < -0.39 is 34.8 Å². The number of hydrogen-bond donors (Lipinski definition) is 0. The summed E-state index contributed by atoms with van der Waals surface area (Å²) in [5, 5.41) is 0. The Balaban J connectivity index is 0.000000153. The van der Waals surface area contributed by atoms with Gasteiger partial charge in [-0.25, -0.2) is 0 Å². The molecule has 0 radical (unpaired) electrons. The zero-order valence-corrected chi connectivity index (χ0v) is 48.9. The van der Waals surface area contributed by atoms with Crippen LogP contribution in [-0.2, 0) is 66.7 Å². The highest BCUT2D eigenvalue weighted by Gasteiger charge is 2.54. The molecule has 12 bridgehead atoms. The Kier molecular flexibility index (Phi) is 19.6. The van der Waals surface area contributed by atoms with E-state index in [0.29, 0.717) is 57.5 Å². The second-order valence-electron chi connectivity index (χ2n) is 27.9. The fourth-order valence-corrected chi connectivity index (χ4v) is 17.6. The lowest BCUT2D eigenvalue weighted by Crippen LogP contribution is -2.50. The molecule has 13 fully saturated rings. The Morgan fingerprint density at radius 1 is 0.519 bits per heavy atom. The summed E-state index contributed by atoms with van der Waals surface area (Å²) >= 11 is 0. The fourth-order valence-electron chi connectivity index (χ4n) is 17.6. The lowest BCUT2D eigenvalue weighted by Gasteiger charge is -2.56.